The standard InChI is InChI=1S/C13H19FN2/c1-15-13(10-6-8-16-9-7-10)11-4-2-3-5-12(11)14/h2-5,10,13,15-16H,6-9H2,1H3. The first-order valence-electron chi connectivity index (χ1n) is 5.95. The fraction of sp³-hybridized carbons (Fsp3) is 0.538. The Morgan fingerprint density at radius 3 is 2.62 bits per heavy atom. The SMILES string of the molecule is CNC(c1ccccc1F)C1CCNCC1. The minimum atomic E-state index is -0.0969. The van der Waals surface area contributed by atoms with E-state index in [1.54, 1.807) is 12.1 Å². The lowest BCUT2D eigenvalue weighted by molar-refractivity contribution is 0.288. The molecule has 1 saturated heterocycles. The highest BCUT2D eigenvalue weighted by molar-refractivity contribution is 5.22. The molecule has 1 heterocycles. The van der Waals surface area contributed by atoms with Crippen LogP contribution >= 0.6 is 0 Å². The molecule has 0 aliphatic carbocycles. The number of benzene rings is 1. The molecule has 1 unspecified atom stereocenters. The van der Waals surface area contributed by atoms with E-state index >= 15 is 0 Å². The van der Waals surface area contributed by atoms with Crippen molar-refractivity contribution in [1.82, 2.24) is 10.6 Å². The lowest BCUT2D eigenvalue weighted by Crippen LogP contribution is -2.35. The maximum atomic E-state index is 13.7. The number of halogens is 1. The predicted octanol–water partition coefficient (Wildman–Crippen LogP) is 2.09. The van der Waals surface area contributed by atoms with Crippen LogP contribution in [0.1, 0.15) is 24.4 Å². The van der Waals surface area contributed by atoms with Crippen LogP contribution in [0, 0.1) is 11.7 Å². The highest BCUT2D eigenvalue weighted by Crippen LogP contribution is 2.29. The van der Waals surface area contributed by atoms with E-state index in [0.717, 1.165) is 31.5 Å². The van der Waals surface area contributed by atoms with E-state index in [0.29, 0.717) is 5.92 Å². The third-order valence-corrected chi connectivity index (χ3v) is 3.41. The molecular formula is C13H19FN2. The minimum Gasteiger partial charge on any atom is -0.317 e. The summed E-state index contributed by atoms with van der Waals surface area (Å²) in [6, 6.07) is 7.22. The Morgan fingerprint density at radius 2 is 2.00 bits per heavy atom. The highest BCUT2D eigenvalue weighted by Gasteiger charge is 2.25. The number of hydrogen-bond donors (Lipinski definition) is 2. The fourth-order valence-corrected chi connectivity index (χ4v) is 2.55. The van der Waals surface area contributed by atoms with E-state index in [9.17, 15) is 4.39 Å². The van der Waals surface area contributed by atoms with Gasteiger partial charge in [-0.15, -0.1) is 0 Å². The van der Waals surface area contributed by atoms with Crippen molar-refractivity contribution in [3.63, 3.8) is 0 Å². The van der Waals surface area contributed by atoms with Gasteiger partial charge in [0.25, 0.3) is 0 Å². The van der Waals surface area contributed by atoms with Gasteiger partial charge in [-0.25, -0.2) is 4.39 Å². The van der Waals surface area contributed by atoms with Crippen molar-refractivity contribution in [2.75, 3.05) is 20.1 Å². The first kappa shape index (κ1) is 11.6. The van der Waals surface area contributed by atoms with E-state index in [2.05, 4.69) is 10.6 Å². The summed E-state index contributed by atoms with van der Waals surface area (Å²) in [4.78, 5) is 0. The normalized spacial score (nSPS) is 19.6. The van der Waals surface area contributed by atoms with Gasteiger partial charge in [-0.05, 0) is 45.0 Å². The summed E-state index contributed by atoms with van der Waals surface area (Å²) in [5.74, 6) is 0.434. The van der Waals surface area contributed by atoms with E-state index < -0.39 is 0 Å². The summed E-state index contributed by atoms with van der Waals surface area (Å²) in [6.07, 6.45) is 2.22. The third-order valence-electron chi connectivity index (χ3n) is 3.41. The Hall–Kier alpha value is -0.930. The Bertz CT molecular complexity index is 334. The Balaban J connectivity index is 2.18. The zero-order valence-corrected chi connectivity index (χ0v) is 9.67. The zero-order valence-electron chi connectivity index (χ0n) is 9.67. The second-order valence-electron chi connectivity index (χ2n) is 4.38. The van der Waals surface area contributed by atoms with Crippen LogP contribution < -0.4 is 10.6 Å². The molecule has 1 aromatic carbocycles. The van der Waals surface area contributed by atoms with Gasteiger partial charge in [0.05, 0.1) is 0 Å². The van der Waals surface area contributed by atoms with Gasteiger partial charge in [0.2, 0.25) is 0 Å². The molecule has 0 saturated carbocycles. The van der Waals surface area contributed by atoms with Crippen LogP contribution in [0.3, 0.4) is 0 Å². The largest absolute Gasteiger partial charge is 0.317 e. The van der Waals surface area contributed by atoms with Crippen molar-refractivity contribution in [2.45, 2.75) is 18.9 Å². The monoisotopic (exact) mass is 222 g/mol. The van der Waals surface area contributed by atoms with Crippen molar-refractivity contribution in [2.24, 2.45) is 5.92 Å². The Kier molecular flexibility index (Phi) is 3.91. The van der Waals surface area contributed by atoms with Crippen molar-refractivity contribution >= 4 is 0 Å². The van der Waals surface area contributed by atoms with Crippen molar-refractivity contribution in [1.29, 1.82) is 0 Å². The first-order valence-corrected chi connectivity index (χ1v) is 5.95. The molecule has 1 aliphatic heterocycles. The summed E-state index contributed by atoms with van der Waals surface area (Å²) in [6.45, 7) is 2.08. The predicted molar refractivity (Wildman–Crippen MR) is 63.8 cm³/mol. The molecule has 0 bridgehead atoms. The fourth-order valence-electron chi connectivity index (χ4n) is 2.55. The molecule has 0 amide bonds. The Morgan fingerprint density at radius 1 is 1.31 bits per heavy atom. The van der Waals surface area contributed by atoms with Gasteiger partial charge in [0, 0.05) is 11.6 Å². The van der Waals surface area contributed by atoms with Crippen LogP contribution in [0.2, 0.25) is 0 Å². The lowest BCUT2D eigenvalue weighted by Gasteiger charge is -2.31. The maximum absolute atomic E-state index is 13.7. The maximum Gasteiger partial charge on any atom is 0.127 e. The van der Waals surface area contributed by atoms with Gasteiger partial charge in [-0.2, -0.15) is 0 Å². The van der Waals surface area contributed by atoms with E-state index in [1.165, 1.54) is 0 Å². The van der Waals surface area contributed by atoms with Gasteiger partial charge in [-0.3, -0.25) is 0 Å². The van der Waals surface area contributed by atoms with Gasteiger partial charge in [-0.1, -0.05) is 18.2 Å². The molecule has 1 aromatic rings. The van der Waals surface area contributed by atoms with Crippen molar-refractivity contribution < 1.29 is 4.39 Å². The van der Waals surface area contributed by atoms with Crippen LogP contribution in [0.15, 0.2) is 24.3 Å². The molecular weight excluding hydrogens is 203 g/mol. The molecule has 0 spiro atoms. The average Bonchev–Trinajstić information content (AvgIpc) is 2.34. The summed E-state index contributed by atoms with van der Waals surface area (Å²) in [7, 11) is 1.92. The van der Waals surface area contributed by atoms with Gasteiger partial charge in [0.1, 0.15) is 5.82 Å². The minimum absolute atomic E-state index is 0.0969. The third kappa shape index (κ3) is 2.42. The van der Waals surface area contributed by atoms with Crippen molar-refractivity contribution in [3.05, 3.63) is 35.6 Å². The molecule has 2 rings (SSSR count). The lowest BCUT2D eigenvalue weighted by atomic mass is 9.86. The average molecular weight is 222 g/mol. The van der Waals surface area contributed by atoms with Gasteiger partial charge in [0.15, 0.2) is 0 Å². The smallest absolute Gasteiger partial charge is 0.127 e. The van der Waals surface area contributed by atoms with Gasteiger partial charge >= 0.3 is 0 Å². The van der Waals surface area contributed by atoms with E-state index in [-0.39, 0.29) is 11.9 Å². The topological polar surface area (TPSA) is 24.1 Å². The van der Waals surface area contributed by atoms with Crippen molar-refractivity contribution in [3.8, 4) is 0 Å². The summed E-state index contributed by atoms with van der Waals surface area (Å²) < 4.78 is 13.7. The number of rotatable bonds is 3. The van der Waals surface area contributed by atoms with Crippen LogP contribution in [0.5, 0.6) is 0 Å². The number of nitrogens with one attached hydrogen (secondary N) is 2. The summed E-state index contributed by atoms with van der Waals surface area (Å²) in [5.41, 5.74) is 0.803. The quantitative estimate of drug-likeness (QED) is 0.818. The number of piperidine rings is 1. The van der Waals surface area contributed by atoms with E-state index in [4.69, 9.17) is 0 Å². The molecule has 1 fully saturated rings. The molecule has 88 valence electrons. The Labute approximate surface area is 96.2 Å². The molecule has 1 atom stereocenters. The van der Waals surface area contributed by atoms with E-state index in [1.807, 2.05) is 19.2 Å². The molecule has 0 aromatic heterocycles. The zero-order chi connectivity index (χ0) is 11.4. The summed E-state index contributed by atoms with van der Waals surface area (Å²) >= 11 is 0. The van der Waals surface area contributed by atoms with Crippen LogP contribution in [-0.4, -0.2) is 20.1 Å². The van der Waals surface area contributed by atoms with Crippen LogP contribution in [0.4, 0.5) is 4.39 Å². The molecule has 0 radical (unpaired) electrons. The van der Waals surface area contributed by atoms with Crippen LogP contribution in [-0.2, 0) is 0 Å². The molecule has 2 N–H and O–H groups in total. The number of hydrogen-bond acceptors (Lipinski definition) is 2. The second-order valence-corrected chi connectivity index (χ2v) is 4.38. The molecule has 16 heavy (non-hydrogen) atoms. The van der Waals surface area contributed by atoms with Gasteiger partial charge < -0.3 is 10.6 Å². The van der Waals surface area contributed by atoms with Crippen LogP contribution in [0.25, 0.3) is 0 Å². The molecule has 1 aliphatic rings. The summed E-state index contributed by atoms with van der Waals surface area (Å²) in [5, 5.41) is 6.60. The molecule has 3 heteroatoms. The molecule has 2 nitrogen and oxygen atoms in total. The second kappa shape index (κ2) is 5.41. The highest BCUT2D eigenvalue weighted by atomic mass is 19.1. The first-order chi connectivity index (χ1) is 7.83.